The van der Waals surface area contributed by atoms with E-state index in [9.17, 15) is 4.79 Å². The second-order valence-corrected chi connectivity index (χ2v) is 4.87. The van der Waals surface area contributed by atoms with Crippen LogP contribution in [0.1, 0.15) is 36.2 Å². The van der Waals surface area contributed by atoms with Crippen LogP contribution in [0.4, 0.5) is 0 Å². The Kier molecular flexibility index (Phi) is 4.86. The fraction of sp³-hybridized carbons (Fsp3) is 0.750. The Morgan fingerprint density at radius 1 is 1.42 bits per heavy atom. The second-order valence-electron chi connectivity index (χ2n) is 4.87. The van der Waals surface area contributed by atoms with Crippen LogP contribution < -0.4 is 0 Å². The Morgan fingerprint density at radius 3 is 2.95 bits per heavy atom. The molecule has 1 fully saturated rings. The maximum absolute atomic E-state index is 10.7. The van der Waals surface area contributed by atoms with Gasteiger partial charge in [0.15, 0.2) is 5.69 Å². The fourth-order valence-electron chi connectivity index (χ4n) is 2.57. The number of rotatable bonds is 6. The molecule has 2 heterocycles. The highest BCUT2D eigenvalue weighted by molar-refractivity contribution is 5.84. The Hall–Kier alpha value is -1.47. The minimum atomic E-state index is -1.05. The monoisotopic (exact) mass is 268 g/mol. The third kappa shape index (κ3) is 3.74. The standard InChI is InChI=1S/C12H20N4O3/c17-8-4-10-3-1-2-5-15(10)6-7-16-9-11(12(18)19)13-14-16/h9-10,17H,1-8H2,(H,18,19). The molecule has 0 spiro atoms. The molecule has 19 heavy (non-hydrogen) atoms. The summed E-state index contributed by atoms with van der Waals surface area (Å²) >= 11 is 0. The molecular formula is C12H20N4O3. The van der Waals surface area contributed by atoms with Gasteiger partial charge in [0.25, 0.3) is 0 Å². The van der Waals surface area contributed by atoms with E-state index in [4.69, 9.17) is 10.2 Å². The lowest BCUT2D eigenvalue weighted by Gasteiger charge is -2.35. The van der Waals surface area contributed by atoms with Gasteiger partial charge in [0.05, 0.1) is 12.7 Å². The van der Waals surface area contributed by atoms with Crippen LogP contribution in [0.2, 0.25) is 0 Å². The van der Waals surface area contributed by atoms with Crippen molar-refractivity contribution in [1.29, 1.82) is 0 Å². The van der Waals surface area contributed by atoms with E-state index in [0.717, 1.165) is 25.9 Å². The van der Waals surface area contributed by atoms with E-state index in [1.54, 1.807) is 4.68 Å². The number of aromatic carboxylic acids is 1. The summed E-state index contributed by atoms with van der Waals surface area (Å²) in [6.07, 6.45) is 5.77. The molecule has 0 saturated carbocycles. The van der Waals surface area contributed by atoms with Gasteiger partial charge in [-0.1, -0.05) is 11.6 Å². The molecule has 7 heteroatoms. The highest BCUT2D eigenvalue weighted by Crippen LogP contribution is 2.19. The molecule has 0 radical (unpaired) electrons. The van der Waals surface area contributed by atoms with Crippen LogP contribution in [0.3, 0.4) is 0 Å². The summed E-state index contributed by atoms with van der Waals surface area (Å²) in [5.74, 6) is -1.05. The average Bonchev–Trinajstić information content (AvgIpc) is 2.87. The van der Waals surface area contributed by atoms with Crippen LogP contribution >= 0.6 is 0 Å². The zero-order valence-corrected chi connectivity index (χ0v) is 10.9. The summed E-state index contributed by atoms with van der Waals surface area (Å²) in [5.41, 5.74) is -0.0226. The van der Waals surface area contributed by atoms with Crippen LogP contribution in [-0.4, -0.2) is 61.8 Å². The van der Waals surface area contributed by atoms with Crippen molar-refractivity contribution in [2.75, 3.05) is 19.7 Å². The molecule has 2 N–H and O–H groups in total. The summed E-state index contributed by atoms with van der Waals surface area (Å²) in [6, 6.07) is 0.432. The number of nitrogens with zero attached hydrogens (tertiary/aromatic N) is 4. The number of hydrogen-bond acceptors (Lipinski definition) is 5. The highest BCUT2D eigenvalue weighted by atomic mass is 16.4. The number of hydrogen-bond donors (Lipinski definition) is 2. The summed E-state index contributed by atoms with van der Waals surface area (Å²) in [5, 5.41) is 25.2. The van der Waals surface area contributed by atoms with Crippen molar-refractivity contribution in [3.63, 3.8) is 0 Å². The minimum Gasteiger partial charge on any atom is -0.476 e. The van der Waals surface area contributed by atoms with Crippen LogP contribution in [0.25, 0.3) is 0 Å². The first-order valence-electron chi connectivity index (χ1n) is 6.69. The summed E-state index contributed by atoms with van der Waals surface area (Å²) in [7, 11) is 0. The van der Waals surface area contributed by atoms with E-state index in [-0.39, 0.29) is 12.3 Å². The van der Waals surface area contributed by atoms with Gasteiger partial charge in [-0.25, -0.2) is 4.79 Å². The molecule has 1 saturated heterocycles. The quantitative estimate of drug-likeness (QED) is 0.766. The van der Waals surface area contributed by atoms with Crippen molar-refractivity contribution in [3.05, 3.63) is 11.9 Å². The normalized spacial score (nSPS) is 20.6. The Balaban J connectivity index is 1.87. The van der Waals surface area contributed by atoms with Crippen molar-refractivity contribution in [1.82, 2.24) is 19.9 Å². The van der Waals surface area contributed by atoms with Gasteiger partial charge in [-0.2, -0.15) is 0 Å². The second kappa shape index (κ2) is 6.63. The topological polar surface area (TPSA) is 91.5 Å². The van der Waals surface area contributed by atoms with Gasteiger partial charge in [0, 0.05) is 19.2 Å². The molecule has 1 aromatic heterocycles. The number of likely N-dealkylation sites (tertiary alicyclic amines) is 1. The van der Waals surface area contributed by atoms with Crippen molar-refractivity contribution >= 4 is 5.97 Å². The molecule has 0 bridgehead atoms. The molecule has 106 valence electrons. The Bertz CT molecular complexity index is 419. The zero-order valence-electron chi connectivity index (χ0n) is 10.9. The average molecular weight is 268 g/mol. The molecule has 1 atom stereocenters. The number of aromatic nitrogens is 3. The van der Waals surface area contributed by atoms with E-state index in [2.05, 4.69) is 15.2 Å². The molecule has 0 aliphatic carbocycles. The third-order valence-corrected chi connectivity index (χ3v) is 3.59. The van der Waals surface area contributed by atoms with Crippen LogP contribution in [0.15, 0.2) is 6.20 Å². The van der Waals surface area contributed by atoms with Crippen LogP contribution in [0, 0.1) is 0 Å². The number of carboxylic acids is 1. The predicted molar refractivity (Wildman–Crippen MR) is 67.9 cm³/mol. The third-order valence-electron chi connectivity index (χ3n) is 3.59. The summed E-state index contributed by atoms with van der Waals surface area (Å²) in [6.45, 7) is 2.69. The van der Waals surface area contributed by atoms with Gasteiger partial charge in [0.2, 0.25) is 0 Å². The Morgan fingerprint density at radius 2 is 2.26 bits per heavy atom. The van der Waals surface area contributed by atoms with E-state index in [0.29, 0.717) is 12.6 Å². The smallest absolute Gasteiger partial charge is 0.358 e. The zero-order chi connectivity index (χ0) is 13.7. The van der Waals surface area contributed by atoms with Gasteiger partial charge in [-0.05, 0) is 25.8 Å². The van der Waals surface area contributed by atoms with Gasteiger partial charge in [-0.15, -0.1) is 5.10 Å². The SMILES string of the molecule is O=C(O)c1cn(CCN2CCCCC2CCO)nn1. The number of carboxylic acid groups (broad SMARTS) is 1. The lowest BCUT2D eigenvalue weighted by molar-refractivity contribution is 0.0690. The molecule has 0 amide bonds. The van der Waals surface area contributed by atoms with E-state index < -0.39 is 5.97 Å². The molecule has 1 unspecified atom stereocenters. The predicted octanol–water partition coefficient (Wildman–Crippen LogP) is 0.213. The molecule has 0 aromatic carbocycles. The molecular weight excluding hydrogens is 248 g/mol. The fourth-order valence-corrected chi connectivity index (χ4v) is 2.57. The molecule has 1 aliphatic heterocycles. The van der Waals surface area contributed by atoms with Crippen molar-refractivity contribution in [3.8, 4) is 0 Å². The highest BCUT2D eigenvalue weighted by Gasteiger charge is 2.21. The molecule has 1 aliphatic rings. The van der Waals surface area contributed by atoms with Crippen LogP contribution in [-0.2, 0) is 6.54 Å². The summed E-state index contributed by atoms with van der Waals surface area (Å²) < 4.78 is 1.56. The van der Waals surface area contributed by atoms with E-state index >= 15 is 0 Å². The number of aliphatic hydroxyl groups excluding tert-OH is 1. The lowest BCUT2D eigenvalue weighted by atomic mass is 10.00. The maximum atomic E-state index is 10.7. The molecule has 2 rings (SSSR count). The molecule has 7 nitrogen and oxygen atoms in total. The first kappa shape index (κ1) is 14.0. The van der Waals surface area contributed by atoms with E-state index in [1.807, 2.05) is 0 Å². The van der Waals surface area contributed by atoms with Gasteiger partial charge >= 0.3 is 5.97 Å². The first-order chi connectivity index (χ1) is 9.20. The molecule has 1 aromatic rings. The number of carbonyl (C=O) groups is 1. The largest absolute Gasteiger partial charge is 0.476 e. The van der Waals surface area contributed by atoms with Gasteiger partial charge in [-0.3, -0.25) is 9.58 Å². The number of piperidine rings is 1. The van der Waals surface area contributed by atoms with Crippen molar-refractivity contribution in [2.24, 2.45) is 0 Å². The van der Waals surface area contributed by atoms with E-state index in [1.165, 1.54) is 19.0 Å². The van der Waals surface area contributed by atoms with Gasteiger partial charge in [0.1, 0.15) is 0 Å². The first-order valence-corrected chi connectivity index (χ1v) is 6.69. The van der Waals surface area contributed by atoms with Crippen molar-refractivity contribution in [2.45, 2.75) is 38.3 Å². The van der Waals surface area contributed by atoms with Crippen molar-refractivity contribution < 1.29 is 15.0 Å². The minimum absolute atomic E-state index is 0.0226. The number of aliphatic hydroxyl groups is 1. The Labute approximate surface area is 111 Å². The summed E-state index contributed by atoms with van der Waals surface area (Å²) in [4.78, 5) is 13.1. The van der Waals surface area contributed by atoms with Gasteiger partial charge < -0.3 is 10.2 Å². The van der Waals surface area contributed by atoms with Crippen LogP contribution in [0.5, 0.6) is 0 Å². The lowest BCUT2D eigenvalue weighted by Crippen LogP contribution is -2.41. The maximum Gasteiger partial charge on any atom is 0.358 e.